The Labute approximate surface area is 168 Å². The van der Waals surface area contributed by atoms with E-state index in [1.165, 1.54) is 12.1 Å². The fraction of sp³-hybridized carbons (Fsp3) is 0.455. The van der Waals surface area contributed by atoms with E-state index in [0.29, 0.717) is 43.1 Å². The zero-order chi connectivity index (χ0) is 20.8. The van der Waals surface area contributed by atoms with Crippen molar-refractivity contribution in [2.24, 2.45) is 0 Å². The third-order valence-corrected chi connectivity index (χ3v) is 5.13. The SMILES string of the molecule is CC(CCCC(=O)O)c1c(F)cc(-c2cccnc2OC2CCOCC2)cc1F. The van der Waals surface area contributed by atoms with Gasteiger partial charge in [0.25, 0.3) is 0 Å². The normalized spacial score (nSPS) is 15.8. The molecule has 1 unspecified atom stereocenters. The molecule has 0 saturated carbocycles. The molecule has 0 amide bonds. The van der Waals surface area contributed by atoms with Crippen molar-refractivity contribution in [2.45, 2.75) is 51.0 Å². The molecule has 29 heavy (non-hydrogen) atoms. The maximum absolute atomic E-state index is 14.8. The first-order valence-corrected chi connectivity index (χ1v) is 9.86. The molecule has 0 aliphatic carbocycles. The van der Waals surface area contributed by atoms with E-state index in [1.807, 2.05) is 0 Å². The van der Waals surface area contributed by atoms with Gasteiger partial charge in [0.15, 0.2) is 0 Å². The first-order valence-electron chi connectivity index (χ1n) is 9.86. The summed E-state index contributed by atoms with van der Waals surface area (Å²) in [7, 11) is 0. The van der Waals surface area contributed by atoms with E-state index < -0.39 is 23.5 Å². The number of hydrogen-bond acceptors (Lipinski definition) is 4. The Morgan fingerprint density at radius 1 is 1.31 bits per heavy atom. The van der Waals surface area contributed by atoms with Crippen molar-refractivity contribution in [3.05, 3.63) is 47.7 Å². The van der Waals surface area contributed by atoms with Crippen LogP contribution < -0.4 is 4.74 Å². The lowest BCUT2D eigenvalue weighted by Crippen LogP contribution is -2.26. The van der Waals surface area contributed by atoms with Gasteiger partial charge in [0.2, 0.25) is 5.88 Å². The van der Waals surface area contributed by atoms with Gasteiger partial charge in [-0.2, -0.15) is 0 Å². The highest BCUT2D eigenvalue weighted by Gasteiger charge is 2.22. The number of hydrogen-bond donors (Lipinski definition) is 1. The number of aliphatic carboxylic acids is 1. The number of ether oxygens (including phenoxy) is 2. The van der Waals surface area contributed by atoms with Gasteiger partial charge in [-0.05, 0) is 48.6 Å². The first kappa shape index (κ1) is 21.2. The zero-order valence-electron chi connectivity index (χ0n) is 16.4. The van der Waals surface area contributed by atoms with Crippen molar-refractivity contribution in [3.8, 4) is 17.0 Å². The molecule has 0 bridgehead atoms. The van der Waals surface area contributed by atoms with Gasteiger partial charge in [0, 0.05) is 36.6 Å². The Hall–Kier alpha value is -2.54. The number of nitrogens with zero attached hydrogens (tertiary/aromatic N) is 1. The predicted molar refractivity (Wildman–Crippen MR) is 104 cm³/mol. The van der Waals surface area contributed by atoms with Crippen molar-refractivity contribution < 1.29 is 28.2 Å². The molecule has 1 aliphatic heterocycles. The summed E-state index contributed by atoms with van der Waals surface area (Å²) in [4.78, 5) is 14.9. The largest absolute Gasteiger partial charge is 0.481 e. The lowest BCUT2D eigenvalue weighted by molar-refractivity contribution is -0.137. The summed E-state index contributed by atoms with van der Waals surface area (Å²) in [6, 6.07) is 6.01. The minimum Gasteiger partial charge on any atom is -0.481 e. The van der Waals surface area contributed by atoms with Crippen LogP contribution in [0.2, 0.25) is 0 Å². The molecule has 0 spiro atoms. The smallest absolute Gasteiger partial charge is 0.303 e. The number of carboxylic acid groups (broad SMARTS) is 1. The van der Waals surface area contributed by atoms with Crippen molar-refractivity contribution in [3.63, 3.8) is 0 Å². The fourth-order valence-corrected chi connectivity index (χ4v) is 3.57. The van der Waals surface area contributed by atoms with Crippen LogP contribution in [-0.4, -0.2) is 35.4 Å². The van der Waals surface area contributed by atoms with Crippen LogP contribution in [0, 0.1) is 11.6 Å². The van der Waals surface area contributed by atoms with Crippen molar-refractivity contribution in [2.75, 3.05) is 13.2 Å². The third kappa shape index (κ3) is 5.50. The molecule has 2 aromatic rings. The second-order valence-electron chi connectivity index (χ2n) is 7.33. The standard InChI is InChI=1S/C22H25F2NO4/c1-14(4-2-6-20(26)27)21-18(23)12-15(13-19(21)24)17-5-3-9-25-22(17)29-16-7-10-28-11-8-16/h3,5,9,12-14,16H,2,4,6-8,10-11H2,1H3,(H,26,27). The monoisotopic (exact) mass is 405 g/mol. The molecule has 1 aromatic heterocycles. The molecule has 156 valence electrons. The van der Waals surface area contributed by atoms with Gasteiger partial charge >= 0.3 is 5.97 Å². The van der Waals surface area contributed by atoms with Gasteiger partial charge in [0.05, 0.1) is 13.2 Å². The molecule has 3 rings (SSSR count). The maximum atomic E-state index is 14.8. The quantitative estimate of drug-likeness (QED) is 0.674. The number of carboxylic acids is 1. The van der Waals surface area contributed by atoms with Crippen LogP contribution in [-0.2, 0) is 9.53 Å². The minimum atomic E-state index is -0.915. The Bertz CT molecular complexity index is 829. The van der Waals surface area contributed by atoms with E-state index in [-0.39, 0.29) is 18.1 Å². The molecule has 1 atom stereocenters. The highest BCUT2D eigenvalue weighted by molar-refractivity contribution is 5.69. The highest BCUT2D eigenvalue weighted by atomic mass is 19.1. The van der Waals surface area contributed by atoms with Crippen molar-refractivity contribution >= 4 is 5.97 Å². The number of benzene rings is 1. The Balaban J connectivity index is 1.82. The highest BCUT2D eigenvalue weighted by Crippen LogP contribution is 2.34. The predicted octanol–water partition coefficient (Wildman–Crippen LogP) is 4.94. The van der Waals surface area contributed by atoms with Crippen molar-refractivity contribution in [1.82, 2.24) is 4.98 Å². The topological polar surface area (TPSA) is 68.7 Å². The van der Waals surface area contributed by atoms with Crippen LogP contribution in [0.3, 0.4) is 0 Å². The van der Waals surface area contributed by atoms with Crippen LogP contribution in [0.1, 0.15) is 50.5 Å². The average molecular weight is 405 g/mol. The van der Waals surface area contributed by atoms with Gasteiger partial charge in [-0.15, -0.1) is 0 Å². The van der Waals surface area contributed by atoms with Crippen molar-refractivity contribution in [1.29, 1.82) is 0 Å². The summed E-state index contributed by atoms with van der Waals surface area (Å²) in [5.74, 6) is -2.29. The molecule has 1 N–H and O–H groups in total. The van der Waals surface area contributed by atoms with Crippen LogP contribution in [0.15, 0.2) is 30.5 Å². The van der Waals surface area contributed by atoms with Gasteiger partial charge in [-0.1, -0.05) is 6.92 Å². The molecule has 1 fully saturated rings. The summed E-state index contributed by atoms with van der Waals surface area (Å²) >= 11 is 0. The second-order valence-corrected chi connectivity index (χ2v) is 7.33. The summed E-state index contributed by atoms with van der Waals surface area (Å²) in [5, 5.41) is 8.74. The zero-order valence-corrected chi connectivity index (χ0v) is 16.4. The summed E-state index contributed by atoms with van der Waals surface area (Å²) < 4.78 is 40.9. The lowest BCUT2D eigenvalue weighted by atomic mass is 9.92. The van der Waals surface area contributed by atoms with Gasteiger partial charge < -0.3 is 14.6 Å². The second kappa shape index (κ2) is 9.78. The summed E-state index contributed by atoms with van der Waals surface area (Å²) in [6.45, 7) is 2.93. The Kier molecular flexibility index (Phi) is 7.14. The number of aromatic nitrogens is 1. The minimum absolute atomic E-state index is 0.0186. The van der Waals surface area contributed by atoms with Gasteiger partial charge in [0.1, 0.15) is 17.7 Å². The molecule has 7 heteroatoms. The summed E-state index contributed by atoms with van der Waals surface area (Å²) in [6.07, 6.45) is 3.77. The van der Waals surface area contributed by atoms with Gasteiger partial charge in [-0.3, -0.25) is 4.79 Å². The van der Waals surface area contributed by atoms with E-state index in [2.05, 4.69) is 4.98 Å². The molecule has 5 nitrogen and oxygen atoms in total. The van der Waals surface area contributed by atoms with E-state index in [9.17, 15) is 13.6 Å². The van der Waals surface area contributed by atoms with Crippen LogP contribution >= 0.6 is 0 Å². The Morgan fingerprint density at radius 3 is 2.66 bits per heavy atom. The third-order valence-electron chi connectivity index (χ3n) is 5.13. The van der Waals surface area contributed by atoms with E-state index in [4.69, 9.17) is 14.6 Å². The first-order chi connectivity index (χ1) is 14.0. The van der Waals surface area contributed by atoms with Crippen LogP contribution in [0.5, 0.6) is 5.88 Å². The Morgan fingerprint density at radius 2 is 2.00 bits per heavy atom. The van der Waals surface area contributed by atoms with E-state index >= 15 is 0 Å². The fourth-order valence-electron chi connectivity index (χ4n) is 3.57. The molecule has 2 heterocycles. The maximum Gasteiger partial charge on any atom is 0.303 e. The molecular formula is C22H25F2NO4. The number of halogens is 2. The molecular weight excluding hydrogens is 380 g/mol. The molecule has 1 aromatic carbocycles. The number of rotatable bonds is 8. The van der Waals surface area contributed by atoms with E-state index in [1.54, 1.807) is 25.3 Å². The number of pyridine rings is 1. The molecule has 0 radical (unpaired) electrons. The summed E-state index contributed by atoms with van der Waals surface area (Å²) in [5.41, 5.74) is 0.869. The van der Waals surface area contributed by atoms with Crippen LogP contribution in [0.25, 0.3) is 11.1 Å². The lowest BCUT2D eigenvalue weighted by Gasteiger charge is -2.24. The van der Waals surface area contributed by atoms with Gasteiger partial charge in [-0.25, -0.2) is 13.8 Å². The molecule has 1 aliphatic rings. The van der Waals surface area contributed by atoms with Crippen LogP contribution in [0.4, 0.5) is 8.78 Å². The molecule has 1 saturated heterocycles. The number of carbonyl (C=O) groups is 1. The average Bonchev–Trinajstić information content (AvgIpc) is 2.68. The van der Waals surface area contributed by atoms with E-state index in [0.717, 1.165) is 12.8 Å².